The van der Waals surface area contributed by atoms with E-state index in [1.807, 2.05) is 19.1 Å². The van der Waals surface area contributed by atoms with Crippen LogP contribution in [0.5, 0.6) is 5.75 Å². The Balaban J connectivity index is 2.67. The van der Waals surface area contributed by atoms with Crippen LogP contribution < -0.4 is 10.1 Å². The van der Waals surface area contributed by atoms with Crippen molar-refractivity contribution in [2.24, 2.45) is 0 Å². The van der Waals surface area contributed by atoms with Crippen molar-refractivity contribution in [3.8, 4) is 5.75 Å². The van der Waals surface area contributed by atoms with E-state index < -0.39 is 5.60 Å². The summed E-state index contributed by atoms with van der Waals surface area (Å²) in [5.41, 5.74) is 1.53. The van der Waals surface area contributed by atoms with Gasteiger partial charge in [-0.2, -0.15) is 0 Å². The molecule has 0 radical (unpaired) electrons. The number of aryl methyl sites for hydroxylation is 1. The van der Waals surface area contributed by atoms with Gasteiger partial charge in [0, 0.05) is 38.3 Å². The van der Waals surface area contributed by atoms with Crippen LogP contribution >= 0.6 is 0 Å². The highest BCUT2D eigenvalue weighted by atomic mass is 16.5. The van der Waals surface area contributed by atoms with E-state index in [0.717, 1.165) is 11.3 Å². The Bertz CT molecular complexity index is 418. The quantitative estimate of drug-likeness (QED) is 0.768. The van der Waals surface area contributed by atoms with Crippen LogP contribution in [-0.4, -0.2) is 38.1 Å². The Morgan fingerprint density at radius 3 is 2.65 bits per heavy atom. The van der Waals surface area contributed by atoms with Gasteiger partial charge in [-0.25, -0.2) is 0 Å². The lowest BCUT2D eigenvalue weighted by Crippen LogP contribution is -2.39. The summed E-state index contributed by atoms with van der Waals surface area (Å²) < 4.78 is 10.4. The number of hydrogen-bond acceptors (Lipinski definition) is 4. The molecule has 114 valence electrons. The van der Waals surface area contributed by atoms with E-state index in [-0.39, 0.29) is 6.04 Å². The van der Waals surface area contributed by atoms with E-state index in [9.17, 15) is 5.11 Å². The van der Waals surface area contributed by atoms with E-state index in [2.05, 4.69) is 25.2 Å². The molecule has 2 N–H and O–H groups in total. The lowest BCUT2D eigenvalue weighted by Gasteiger charge is -2.26. The molecule has 0 spiro atoms. The first-order chi connectivity index (χ1) is 9.39. The van der Waals surface area contributed by atoms with Gasteiger partial charge < -0.3 is 19.9 Å². The minimum atomic E-state index is -0.776. The molecular weight excluding hydrogens is 254 g/mol. The molecule has 0 heterocycles. The second-order valence-corrected chi connectivity index (χ2v) is 5.59. The summed E-state index contributed by atoms with van der Waals surface area (Å²) >= 11 is 0. The van der Waals surface area contributed by atoms with Gasteiger partial charge in [0.05, 0.1) is 12.7 Å². The number of rotatable bonds is 8. The molecule has 0 aliphatic rings. The van der Waals surface area contributed by atoms with Crippen molar-refractivity contribution >= 4 is 0 Å². The molecule has 4 heteroatoms. The molecule has 0 aliphatic carbocycles. The summed E-state index contributed by atoms with van der Waals surface area (Å²) in [5.74, 6) is 0.868. The first kappa shape index (κ1) is 17.0. The normalized spacial score (nSPS) is 15.7. The fourth-order valence-electron chi connectivity index (χ4n) is 2.09. The van der Waals surface area contributed by atoms with E-state index >= 15 is 0 Å². The topological polar surface area (TPSA) is 50.7 Å². The van der Waals surface area contributed by atoms with Crippen molar-refractivity contribution in [1.29, 1.82) is 0 Å². The molecule has 0 aliphatic heterocycles. The molecule has 0 fully saturated rings. The fourth-order valence-corrected chi connectivity index (χ4v) is 2.09. The Kier molecular flexibility index (Phi) is 6.46. The Morgan fingerprint density at radius 2 is 2.05 bits per heavy atom. The maximum absolute atomic E-state index is 10.2. The number of hydrogen-bond donors (Lipinski definition) is 2. The number of ether oxygens (including phenoxy) is 2. The smallest absolute Gasteiger partial charge is 0.123 e. The third-order valence-electron chi connectivity index (χ3n) is 3.49. The zero-order valence-electron chi connectivity index (χ0n) is 13.2. The summed E-state index contributed by atoms with van der Waals surface area (Å²) in [4.78, 5) is 0. The molecular formula is C16H27NO3. The first-order valence-electron chi connectivity index (χ1n) is 6.99. The van der Waals surface area contributed by atoms with Crippen LogP contribution in [0, 0.1) is 6.92 Å². The molecule has 2 atom stereocenters. The number of methoxy groups -OCH3 is 2. The van der Waals surface area contributed by atoms with E-state index in [0.29, 0.717) is 19.6 Å². The predicted octanol–water partition coefficient (Wildman–Crippen LogP) is 2.44. The molecule has 1 rings (SSSR count). The summed E-state index contributed by atoms with van der Waals surface area (Å²) in [7, 11) is 3.32. The van der Waals surface area contributed by atoms with Gasteiger partial charge in [0.1, 0.15) is 5.75 Å². The zero-order chi connectivity index (χ0) is 15.2. The molecule has 20 heavy (non-hydrogen) atoms. The highest BCUT2D eigenvalue weighted by Gasteiger charge is 2.21. The van der Waals surface area contributed by atoms with Crippen LogP contribution in [0.4, 0.5) is 0 Å². The monoisotopic (exact) mass is 281 g/mol. The van der Waals surface area contributed by atoms with Crippen LogP contribution in [0.2, 0.25) is 0 Å². The first-order valence-corrected chi connectivity index (χ1v) is 6.99. The molecule has 0 saturated carbocycles. The third-order valence-corrected chi connectivity index (χ3v) is 3.49. The number of aliphatic hydroxyl groups is 1. The summed E-state index contributed by atoms with van der Waals surface area (Å²) in [5, 5.41) is 13.6. The minimum Gasteiger partial charge on any atom is -0.496 e. The van der Waals surface area contributed by atoms with Gasteiger partial charge in [-0.3, -0.25) is 0 Å². The molecule has 0 amide bonds. The van der Waals surface area contributed by atoms with Crippen molar-refractivity contribution in [3.05, 3.63) is 29.3 Å². The lowest BCUT2D eigenvalue weighted by molar-refractivity contribution is 0.0230. The third kappa shape index (κ3) is 5.12. The standard InChI is InChI=1S/C16H27NO3/c1-12-6-7-15(20-5)14(10-12)13(2)17-11-16(3,18)8-9-19-4/h6-7,10,13,17-18H,8-9,11H2,1-5H3. The average Bonchev–Trinajstić information content (AvgIpc) is 2.42. The molecule has 1 aromatic carbocycles. The van der Waals surface area contributed by atoms with E-state index in [1.54, 1.807) is 14.2 Å². The van der Waals surface area contributed by atoms with Crippen LogP contribution in [0.1, 0.15) is 37.4 Å². The summed E-state index contributed by atoms with van der Waals surface area (Å²) in [6, 6.07) is 6.23. The largest absolute Gasteiger partial charge is 0.496 e. The SMILES string of the molecule is COCCC(C)(O)CNC(C)c1cc(C)ccc1OC. The van der Waals surface area contributed by atoms with Gasteiger partial charge in [-0.05, 0) is 26.8 Å². The Labute approximate surface area is 122 Å². The maximum Gasteiger partial charge on any atom is 0.123 e. The van der Waals surface area contributed by atoms with Crippen LogP contribution in [-0.2, 0) is 4.74 Å². The summed E-state index contributed by atoms with van der Waals surface area (Å²) in [6.45, 7) is 7.01. The van der Waals surface area contributed by atoms with Gasteiger partial charge in [0.25, 0.3) is 0 Å². The van der Waals surface area contributed by atoms with Crippen molar-refractivity contribution in [3.63, 3.8) is 0 Å². The molecule has 0 saturated heterocycles. The van der Waals surface area contributed by atoms with Crippen molar-refractivity contribution in [2.75, 3.05) is 27.4 Å². The lowest BCUT2D eigenvalue weighted by atomic mass is 10.0. The number of nitrogens with one attached hydrogen (secondary N) is 1. The second-order valence-electron chi connectivity index (χ2n) is 5.59. The Hall–Kier alpha value is -1.10. The van der Waals surface area contributed by atoms with Crippen LogP contribution in [0.25, 0.3) is 0 Å². The van der Waals surface area contributed by atoms with Crippen LogP contribution in [0.3, 0.4) is 0 Å². The maximum atomic E-state index is 10.2. The van der Waals surface area contributed by atoms with Gasteiger partial charge in [-0.1, -0.05) is 17.7 Å². The molecule has 2 unspecified atom stereocenters. The Morgan fingerprint density at radius 1 is 1.35 bits per heavy atom. The zero-order valence-corrected chi connectivity index (χ0v) is 13.2. The van der Waals surface area contributed by atoms with Gasteiger partial charge >= 0.3 is 0 Å². The molecule has 0 aromatic heterocycles. The highest BCUT2D eigenvalue weighted by Crippen LogP contribution is 2.26. The summed E-state index contributed by atoms with van der Waals surface area (Å²) in [6.07, 6.45) is 0.605. The average molecular weight is 281 g/mol. The number of benzene rings is 1. The molecule has 1 aromatic rings. The molecule has 4 nitrogen and oxygen atoms in total. The van der Waals surface area contributed by atoms with Crippen molar-refractivity contribution in [1.82, 2.24) is 5.32 Å². The molecule has 0 bridgehead atoms. The van der Waals surface area contributed by atoms with Crippen molar-refractivity contribution in [2.45, 2.75) is 38.8 Å². The minimum absolute atomic E-state index is 0.110. The van der Waals surface area contributed by atoms with E-state index in [4.69, 9.17) is 9.47 Å². The van der Waals surface area contributed by atoms with Gasteiger partial charge in [0.15, 0.2) is 0 Å². The predicted molar refractivity (Wildman–Crippen MR) is 81.3 cm³/mol. The van der Waals surface area contributed by atoms with Crippen LogP contribution in [0.15, 0.2) is 18.2 Å². The van der Waals surface area contributed by atoms with Gasteiger partial charge in [0.2, 0.25) is 0 Å². The second kappa shape index (κ2) is 7.62. The van der Waals surface area contributed by atoms with Gasteiger partial charge in [-0.15, -0.1) is 0 Å². The van der Waals surface area contributed by atoms with E-state index in [1.165, 1.54) is 5.56 Å². The van der Waals surface area contributed by atoms with Crippen molar-refractivity contribution < 1.29 is 14.6 Å². The fraction of sp³-hybridized carbons (Fsp3) is 0.625. The highest BCUT2D eigenvalue weighted by molar-refractivity contribution is 5.38.